The zero-order valence-electron chi connectivity index (χ0n) is 16.2. The first-order valence-electron chi connectivity index (χ1n) is 9.43. The van der Waals surface area contributed by atoms with Crippen LogP contribution in [-0.4, -0.2) is 60.0 Å². The van der Waals surface area contributed by atoms with Gasteiger partial charge in [0, 0.05) is 50.9 Å². The van der Waals surface area contributed by atoms with E-state index >= 15 is 0 Å². The minimum atomic E-state index is -4.73. The number of rotatable bonds is 6. The molecule has 29 heavy (non-hydrogen) atoms. The second-order valence-electron chi connectivity index (χ2n) is 6.58. The van der Waals surface area contributed by atoms with Crippen LogP contribution in [0.25, 0.3) is 0 Å². The molecule has 0 saturated carbocycles. The van der Waals surface area contributed by atoms with E-state index < -0.39 is 6.36 Å². The quantitative estimate of drug-likeness (QED) is 0.583. The summed E-state index contributed by atoms with van der Waals surface area (Å²) in [4.78, 5) is 8.91. The number of aliphatic imine (C=N–C) groups is 1. The number of ether oxygens (including phenoxy) is 1. The number of nitrogens with one attached hydrogen (secondary N) is 1. The molecule has 1 aromatic carbocycles. The average Bonchev–Trinajstić information content (AvgIpc) is 3.19. The Morgan fingerprint density at radius 2 is 1.97 bits per heavy atom. The third-order valence-corrected chi connectivity index (χ3v) is 4.48. The fraction of sp³-hybridized carbons (Fsp3) is 0.474. The monoisotopic (exact) mass is 411 g/mol. The molecule has 0 bridgehead atoms. The van der Waals surface area contributed by atoms with E-state index in [0.29, 0.717) is 18.1 Å². The maximum Gasteiger partial charge on any atom is 0.573 e. The van der Waals surface area contributed by atoms with E-state index in [2.05, 4.69) is 30.0 Å². The maximum absolute atomic E-state index is 12.6. The van der Waals surface area contributed by atoms with Crippen LogP contribution in [-0.2, 0) is 13.1 Å². The Morgan fingerprint density at radius 1 is 1.21 bits per heavy atom. The van der Waals surface area contributed by atoms with E-state index in [0.717, 1.165) is 38.4 Å². The molecular weight excluding hydrogens is 387 g/mol. The van der Waals surface area contributed by atoms with Crippen molar-refractivity contribution >= 4 is 5.96 Å². The summed E-state index contributed by atoms with van der Waals surface area (Å²) in [6.07, 6.45) is -3.17. The third kappa shape index (κ3) is 6.38. The van der Waals surface area contributed by atoms with Gasteiger partial charge in [-0.05, 0) is 13.0 Å². The molecule has 2 aromatic rings. The van der Waals surface area contributed by atoms with Gasteiger partial charge in [0.15, 0.2) is 5.96 Å². The van der Waals surface area contributed by atoms with Gasteiger partial charge < -0.3 is 19.5 Å². The van der Waals surface area contributed by atoms with Crippen molar-refractivity contribution in [1.82, 2.24) is 20.3 Å². The Labute approximate surface area is 167 Å². The number of nitrogens with zero attached hydrogens (tertiary/aromatic N) is 4. The number of guanidine groups is 1. The van der Waals surface area contributed by atoms with E-state index in [4.69, 9.17) is 4.52 Å². The van der Waals surface area contributed by atoms with Gasteiger partial charge in [-0.1, -0.05) is 23.4 Å². The van der Waals surface area contributed by atoms with Crippen LogP contribution >= 0.6 is 0 Å². The number of halogens is 3. The van der Waals surface area contributed by atoms with Crippen LogP contribution in [0.2, 0.25) is 0 Å². The molecule has 1 saturated heterocycles. The molecule has 0 aliphatic carbocycles. The summed E-state index contributed by atoms with van der Waals surface area (Å²) in [5, 5.41) is 7.15. The molecule has 0 unspecified atom stereocenters. The van der Waals surface area contributed by atoms with Crippen LogP contribution in [0, 0.1) is 0 Å². The standard InChI is InChI=1S/C19H24F3N5O2/c1-2-23-18(24-13-15-5-3-4-6-17(15)29-19(20,21)22)27-10-8-26(9-11-27)14-16-7-12-28-25-16/h3-7,12H,2,8-11,13-14H2,1H3,(H,23,24). The van der Waals surface area contributed by atoms with Crippen molar-refractivity contribution in [2.75, 3.05) is 32.7 Å². The van der Waals surface area contributed by atoms with Gasteiger partial charge in [0.05, 0.1) is 12.2 Å². The summed E-state index contributed by atoms with van der Waals surface area (Å²) in [5.41, 5.74) is 1.27. The molecule has 1 N–H and O–H groups in total. The van der Waals surface area contributed by atoms with E-state index in [9.17, 15) is 13.2 Å². The lowest BCUT2D eigenvalue weighted by Crippen LogP contribution is -2.52. The molecule has 0 spiro atoms. The van der Waals surface area contributed by atoms with Crippen molar-refractivity contribution in [3.05, 3.63) is 47.9 Å². The molecule has 7 nitrogen and oxygen atoms in total. The van der Waals surface area contributed by atoms with E-state index in [-0.39, 0.29) is 12.3 Å². The van der Waals surface area contributed by atoms with Gasteiger partial charge in [0.25, 0.3) is 0 Å². The Hall–Kier alpha value is -2.75. The summed E-state index contributed by atoms with van der Waals surface area (Å²) in [5.74, 6) is 0.451. The molecule has 10 heteroatoms. The third-order valence-electron chi connectivity index (χ3n) is 4.48. The van der Waals surface area contributed by atoms with Gasteiger partial charge in [-0.25, -0.2) is 4.99 Å². The van der Waals surface area contributed by atoms with Crippen molar-refractivity contribution in [2.24, 2.45) is 4.99 Å². The summed E-state index contributed by atoms with van der Waals surface area (Å²) >= 11 is 0. The molecule has 0 atom stereocenters. The Morgan fingerprint density at radius 3 is 2.62 bits per heavy atom. The summed E-state index contributed by atoms with van der Waals surface area (Å²) in [7, 11) is 0. The Bertz CT molecular complexity index is 787. The van der Waals surface area contributed by atoms with Crippen molar-refractivity contribution in [3.63, 3.8) is 0 Å². The molecule has 0 amide bonds. The number of hydrogen-bond acceptors (Lipinski definition) is 5. The lowest BCUT2D eigenvalue weighted by molar-refractivity contribution is -0.274. The van der Waals surface area contributed by atoms with Crippen LogP contribution in [0.3, 0.4) is 0 Å². The van der Waals surface area contributed by atoms with Gasteiger partial charge in [0.1, 0.15) is 12.0 Å². The van der Waals surface area contributed by atoms with Crippen LogP contribution in [0.1, 0.15) is 18.2 Å². The van der Waals surface area contributed by atoms with Crippen LogP contribution in [0.4, 0.5) is 13.2 Å². The lowest BCUT2D eigenvalue weighted by atomic mass is 10.2. The van der Waals surface area contributed by atoms with Gasteiger partial charge in [-0.15, -0.1) is 13.2 Å². The fourth-order valence-electron chi connectivity index (χ4n) is 3.11. The molecule has 1 aliphatic heterocycles. The predicted octanol–water partition coefficient (Wildman–Crippen LogP) is 2.86. The topological polar surface area (TPSA) is 66.1 Å². The predicted molar refractivity (Wildman–Crippen MR) is 101 cm³/mol. The van der Waals surface area contributed by atoms with Gasteiger partial charge >= 0.3 is 6.36 Å². The first-order chi connectivity index (χ1) is 13.9. The Balaban J connectivity index is 1.62. The number of benzene rings is 1. The van der Waals surface area contributed by atoms with Crippen LogP contribution in [0.15, 0.2) is 46.1 Å². The second kappa shape index (κ2) is 9.64. The minimum absolute atomic E-state index is 0.0910. The van der Waals surface area contributed by atoms with Crippen molar-refractivity contribution < 1.29 is 22.4 Å². The zero-order valence-corrected chi connectivity index (χ0v) is 16.2. The molecule has 1 aliphatic rings. The van der Waals surface area contributed by atoms with E-state index in [1.54, 1.807) is 18.4 Å². The zero-order chi connectivity index (χ0) is 20.7. The number of piperazine rings is 1. The first kappa shape index (κ1) is 21.0. The highest BCUT2D eigenvalue weighted by atomic mass is 19.4. The summed E-state index contributed by atoms with van der Waals surface area (Å²) in [6.45, 7) is 6.59. The lowest BCUT2D eigenvalue weighted by Gasteiger charge is -2.36. The highest BCUT2D eigenvalue weighted by Gasteiger charge is 2.32. The fourth-order valence-corrected chi connectivity index (χ4v) is 3.11. The smallest absolute Gasteiger partial charge is 0.405 e. The molecule has 158 valence electrons. The maximum atomic E-state index is 12.6. The van der Waals surface area contributed by atoms with Crippen LogP contribution < -0.4 is 10.1 Å². The van der Waals surface area contributed by atoms with Gasteiger partial charge in [-0.3, -0.25) is 4.90 Å². The van der Waals surface area contributed by atoms with Crippen molar-refractivity contribution in [1.29, 1.82) is 0 Å². The molecular formula is C19H24F3N5O2. The molecule has 2 heterocycles. The average molecular weight is 411 g/mol. The number of hydrogen-bond donors (Lipinski definition) is 1. The summed E-state index contributed by atoms with van der Waals surface area (Å²) in [6, 6.07) is 7.91. The minimum Gasteiger partial charge on any atom is -0.405 e. The van der Waals surface area contributed by atoms with E-state index in [1.165, 1.54) is 12.1 Å². The Kier molecular flexibility index (Phi) is 6.97. The second-order valence-corrected chi connectivity index (χ2v) is 6.58. The number of para-hydroxylation sites is 1. The first-order valence-corrected chi connectivity index (χ1v) is 9.43. The molecule has 1 aromatic heterocycles. The van der Waals surface area contributed by atoms with Gasteiger partial charge in [-0.2, -0.15) is 0 Å². The summed E-state index contributed by atoms with van der Waals surface area (Å²) < 4.78 is 46.8. The molecule has 1 fully saturated rings. The largest absolute Gasteiger partial charge is 0.573 e. The van der Waals surface area contributed by atoms with Gasteiger partial charge in [0.2, 0.25) is 0 Å². The molecule has 3 rings (SSSR count). The molecule has 0 radical (unpaired) electrons. The number of alkyl halides is 3. The normalized spacial score (nSPS) is 16.1. The highest BCUT2D eigenvalue weighted by molar-refractivity contribution is 5.80. The van der Waals surface area contributed by atoms with E-state index in [1.807, 2.05) is 13.0 Å². The highest BCUT2D eigenvalue weighted by Crippen LogP contribution is 2.26. The van der Waals surface area contributed by atoms with Crippen molar-refractivity contribution in [2.45, 2.75) is 26.4 Å². The van der Waals surface area contributed by atoms with Crippen molar-refractivity contribution in [3.8, 4) is 5.75 Å². The SMILES string of the molecule is CCNC(=NCc1ccccc1OC(F)(F)F)N1CCN(Cc2ccon2)CC1. The number of aromatic nitrogens is 1. The van der Waals surface area contributed by atoms with Crippen LogP contribution in [0.5, 0.6) is 5.75 Å².